The van der Waals surface area contributed by atoms with E-state index in [1.54, 1.807) is 11.3 Å². The Morgan fingerprint density at radius 1 is 1.21 bits per heavy atom. The molecule has 0 N–H and O–H groups in total. The van der Waals surface area contributed by atoms with Crippen LogP contribution >= 0.6 is 34.5 Å². The summed E-state index contributed by atoms with van der Waals surface area (Å²) >= 11 is 13.2. The molecule has 2 aromatic rings. The van der Waals surface area contributed by atoms with Crippen LogP contribution in [0.2, 0.25) is 5.02 Å². The fourth-order valence-electron chi connectivity index (χ4n) is 1.21. The van der Waals surface area contributed by atoms with Gasteiger partial charge >= 0.3 is 0 Å². The van der Waals surface area contributed by atoms with Crippen molar-refractivity contribution in [2.45, 2.75) is 5.88 Å². The van der Waals surface area contributed by atoms with Crippen LogP contribution in [0.25, 0.3) is 11.3 Å². The zero-order valence-electron chi connectivity index (χ0n) is 7.21. The molecule has 0 saturated heterocycles. The Hall–Kier alpha value is -0.570. The molecule has 0 atom stereocenters. The molecule has 72 valence electrons. The molecule has 1 aromatic heterocycles. The molecule has 0 amide bonds. The van der Waals surface area contributed by atoms with Crippen LogP contribution in [0.15, 0.2) is 29.8 Å². The number of aromatic nitrogens is 1. The summed E-state index contributed by atoms with van der Waals surface area (Å²) in [6.07, 6.45) is 0. The molecule has 0 spiro atoms. The molecular weight excluding hydrogens is 237 g/mol. The number of alkyl halides is 1. The average Bonchev–Trinajstić information content (AvgIpc) is 2.67. The third-order valence-electron chi connectivity index (χ3n) is 1.88. The van der Waals surface area contributed by atoms with Gasteiger partial charge in [0, 0.05) is 15.5 Å². The normalized spacial score (nSPS) is 10.4. The first-order chi connectivity index (χ1) is 6.81. The van der Waals surface area contributed by atoms with E-state index < -0.39 is 0 Å². The van der Waals surface area contributed by atoms with Crippen LogP contribution in [-0.4, -0.2) is 4.98 Å². The Labute approximate surface area is 96.3 Å². The predicted octanol–water partition coefficient (Wildman–Crippen LogP) is 4.20. The maximum absolute atomic E-state index is 5.80. The molecule has 0 bridgehead atoms. The Morgan fingerprint density at radius 3 is 2.57 bits per heavy atom. The summed E-state index contributed by atoms with van der Waals surface area (Å²) in [4.78, 5) is 5.37. The Bertz CT molecular complexity index is 422. The molecule has 2 rings (SSSR count). The van der Waals surface area contributed by atoms with Crippen LogP contribution in [0.3, 0.4) is 0 Å². The Balaban J connectivity index is 2.44. The molecule has 1 aromatic carbocycles. The van der Waals surface area contributed by atoms with Crippen molar-refractivity contribution in [2.75, 3.05) is 0 Å². The van der Waals surface area contributed by atoms with Crippen molar-refractivity contribution in [2.24, 2.45) is 0 Å². The van der Waals surface area contributed by atoms with Gasteiger partial charge < -0.3 is 0 Å². The van der Waals surface area contributed by atoms with E-state index >= 15 is 0 Å². The zero-order chi connectivity index (χ0) is 9.97. The highest BCUT2D eigenvalue weighted by molar-refractivity contribution is 7.10. The molecule has 14 heavy (non-hydrogen) atoms. The van der Waals surface area contributed by atoms with E-state index in [1.165, 1.54) is 0 Å². The zero-order valence-corrected chi connectivity index (χ0v) is 9.53. The number of nitrogens with zero attached hydrogens (tertiary/aromatic N) is 1. The van der Waals surface area contributed by atoms with Crippen molar-refractivity contribution < 1.29 is 0 Å². The fourth-order valence-corrected chi connectivity index (χ4v) is 2.28. The molecule has 0 fully saturated rings. The number of rotatable bonds is 2. The second-order valence-electron chi connectivity index (χ2n) is 2.76. The van der Waals surface area contributed by atoms with Gasteiger partial charge in [-0.2, -0.15) is 0 Å². The highest BCUT2D eigenvalue weighted by Crippen LogP contribution is 2.27. The van der Waals surface area contributed by atoms with Crippen molar-refractivity contribution in [1.82, 2.24) is 4.98 Å². The molecule has 1 heterocycles. The Kier molecular flexibility index (Phi) is 3.06. The van der Waals surface area contributed by atoms with Gasteiger partial charge in [-0.25, -0.2) is 4.98 Å². The smallest absolute Gasteiger partial charge is 0.0855 e. The highest BCUT2D eigenvalue weighted by Gasteiger charge is 2.06. The van der Waals surface area contributed by atoms with Gasteiger partial charge in [0.25, 0.3) is 0 Å². The lowest BCUT2D eigenvalue weighted by Gasteiger charge is -1.99. The molecular formula is C10H7Cl2NS. The lowest BCUT2D eigenvalue weighted by molar-refractivity contribution is 1.36. The van der Waals surface area contributed by atoms with Crippen LogP contribution in [0.1, 0.15) is 4.88 Å². The quantitative estimate of drug-likeness (QED) is 0.721. The largest absolute Gasteiger partial charge is 0.244 e. The number of hydrogen-bond acceptors (Lipinski definition) is 2. The van der Waals surface area contributed by atoms with E-state index in [2.05, 4.69) is 4.98 Å². The summed E-state index contributed by atoms with van der Waals surface area (Å²) in [5.41, 5.74) is 3.83. The monoisotopic (exact) mass is 243 g/mol. The summed E-state index contributed by atoms with van der Waals surface area (Å²) in [7, 11) is 0. The van der Waals surface area contributed by atoms with E-state index in [0.717, 1.165) is 21.2 Å². The maximum atomic E-state index is 5.80. The van der Waals surface area contributed by atoms with E-state index in [0.29, 0.717) is 5.88 Å². The van der Waals surface area contributed by atoms with Crippen LogP contribution in [-0.2, 0) is 5.88 Å². The van der Waals surface area contributed by atoms with Crippen molar-refractivity contribution >= 4 is 34.5 Å². The lowest BCUT2D eigenvalue weighted by atomic mass is 10.1. The molecule has 0 saturated carbocycles. The van der Waals surface area contributed by atoms with Gasteiger partial charge in [0.2, 0.25) is 0 Å². The van der Waals surface area contributed by atoms with Crippen molar-refractivity contribution in [3.8, 4) is 11.3 Å². The number of benzene rings is 1. The Morgan fingerprint density at radius 2 is 1.93 bits per heavy atom. The summed E-state index contributed by atoms with van der Waals surface area (Å²) in [5, 5.41) is 0.733. The second-order valence-corrected chi connectivity index (χ2v) is 4.41. The third-order valence-corrected chi connectivity index (χ3v) is 3.39. The molecule has 0 aliphatic heterocycles. The summed E-state index contributed by atoms with van der Waals surface area (Å²) in [5.74, 6) is 0.503. The topological polar surface area (TPSA) is 12.9 Å². The van der Waals surface area contributed by atoms with E-state index in [4.69, 9.17) is 23.2 Å². The third kappa shape index (κ3) is 1.92. The van der Waals surface area contributed by atoms with E-state index in [9.17, 15) is 0 Å². The van der Waals surface area contributed by atoms with Crippen molar-refractivity contribution in [3.05, 3.63) is 39.7 Å². The molecule has 0 aliphatic carbocycles. The van der Waals surface area contributed by atoms with Gasteiger partial charge in [0.1, 0.15) is 0 Å². The summed E-state index contributed by atoms with van der Waals surface area (Å²) in [6.45, 7) is 0. The van der Waals surface area contributed by atoms with Crippen molar-refractivity contribution in [1.29, 1.82) is 0 Å². The number of thiazole rings is 1. The van der Waals surface area contributed by atoms with Gasteiger partial charge in [0.05, 0.1) is 17.1 Å². The molecule has 0 radical (unpaired) electrons. The number of halogens is 2. The number of hydrogen-bond donors (Lipinski definition) is 0. The summed E-state index contributed by atoms with van der Waals surface area (Å²) < 4.78 is 0. The van der Waals surface area contributed by atoms with Crippen molar-refractivity contribution in [3.63, 3.8) is 0 Å². The van der Waals surface area contributed by atoms with Gasteiger partial charge in [-0.1, -0.05) is 23.7 Å². The average molecular weight is 244 g/mol. The minimum Gasteiger partial charge on any atom is -0.244 e. The first-order valence-corrected chi connectivity index (χ1v) is 5.84. The first kappa shape index (κ1) is 9.97. The van der Waals surface area contributed by atoms with Crippen LogP contribution in [0.5, 0.6) is 0 Å². The van der Waals surface area contributed by atoms with E-state index in [1.807, 2.05) is 29.8 Å². The van der Waals surface area contributed by atoms with Gasteiger partial charge in [0.15, 0.2) is 0 Å². The standard InChI is InChI=1S/C10H7Cl2NS/c11-5-9-10(13-6-14-9)7-1-3-8(12)4-2-7/h1-4,6H,5H2. The minimum atomic E-state index is 0.503. The highest BCUT2D eigenvalue weighted by atomic mass is 35.5. The van der Waals surface area contributed by atoms with Crippen LogP contribution in [0.4, 0.5) is 0 Å². The van der Waals surface area contributed by atoms with Crippen LogP contribution < -0.4 is 0 Å². The second kappa shape index (κ2) is 4.30. The lowest BCUT2D eigenvalue weighted by Crippen LogP contribution is -1.81. The van der Waals surface area contributed by atoms with Crippen LogP contribution in [0, 0.1) is 0 Å². The molecule has 4 heteroatoms. The minimum absolute atomic E-state index is 0.503. The maximum Gasteiger partial charge on any atom is 0.0855 e. The van der Waals surface area contributed by atoms with E-state index in [-0.39, 0.29) is 0 Å². The van der Waals surface area contributed by atoms with Gasteiger partial charge in [-0.05, 0) is 12.1 Å². The molecule has 0 unspecified atom stereocenters. The summed E-state index contributed by atoms with van der Waals surface area (Å²) in [6, 6.07) is 7.61. The first-order valence-electron chi connectivity index (χ1n) is 4.05. The predicted molar refractivity (Wildman–Crippen MR) is 62.1 cm³/mol. The molecule has 1 nitrogen and oxygen atoms in total. The van der Waals surface area contributed by atoms with Gasteiger partial charge in [-0.3, -0.25) is 0 Å². The fraction of sp³-hybridized carbons (Fsp3) is 0.100. The molecule has 0 aliphatic rings. The van der Waals surface area contributed by atoms with Gasteiger partial charge in [-0.15, -0.1) is 22.9 Å². The SMILES string of the molecule is ClCc1scnc1-c1ccc(Cl)cc1.